The molecule has 0 amide bonds. The van der Waals surface area contributed by atoms with E-state index in [0.717, 1.165) is 25.7 Å². The minimum atomic E-state index is -1.20. The van der Waals surface area contributed by atoms with E-state index in [9.17, 15) is 9.90 Å². The Morgan fingerprint density at radius 2 is 1.78 bits per heavy atom. The van der Waals surface area contributed by atoms with Crippen molar-refractivity contribution in [2.75, 3.05) is 7.11 Å². The van der Waals surface area contributed by atoms with Gasteiger partial charge in [0.1, 0.15) is 11.4 Å². The number of ketones is 1. The molecular formula is C15H20O3. The molecule has 1 N–H and O–H groups in total. The van der Waals surface area contributed by atoms with E-state index in [0.29, 0.717) is 24.2 Å². The highest BCUT2D eigenvalue weighted by Crippen LogP contribution is 2.32. The Bertz CT molecular complexity index is 418. The highest BCUT2D eigenvalue weighted by molar-refractivity contribution is 6.04. The molecule has 0 saturated heterocycles. The average Bonchev–Trinajstić information content (AvgIpc) is 2.63. The zero-order chi connectivity index (χ0) is 13.0. The third-order valence-electron chi connectivity index (χ3n) is 3.70. The van der Waals surface area contributed by atoms with Crippen molar-refractivity contribution in [3.8, 4) is 5.75 Å². The quantitative estimate of drug-likeness (QED) is 0.660. The van der Waals surface area contributed by atoms with Gasteiger partial charge in [0.2, 0.25) is 0 Å². The highest BCUT2D eigenvalue weighted by atomic mass is 16.5. The second-order valence-electron chi connectivity index (χ2n) is 4.98. The van der Waals surface area contributed by atoms with Gasteiger partial charge in [-0.3, -0.25) is 4.79 Å². The normalized spacial score (nSPS) is 19.0. The highest BCUT2D eigenvalue weighted by Gasteiger charge is 2.37. The van der Waals surface area contributed by atoms with Crippen LogP contribution in [0.15, 0.2) is 24.3 Å². The first-order valence-electron chi connectivity index (χ1n) is 6.57. The van der Waals surface area contributed by atoms with Gasteiger partial charge >= 0.3 is 0 Å². The third kappa shape index (κ3) is 2.56. The van der Waals surface area contributed by atoms with Gasteiger partial charge in [-0.1, -0.05) is 37.8 Å². The van der Waals surface area contributed by atoms with E-state index in [-0.39, 0.29) is 5.78 Å². The first kappa shape index (κ1) is 13.1. The number of rotatable bonds is 3. The van der Waals surface area contributed by atoms with Gasteiger partial charge in [-0.2, -0.15) is 0 Å². The summed E-state index contributed by atoms with van der Waals surface area (Å²) in [4.78, 5) is 12.5. The Balaban J connectivity index is 2.29. The van der Waals surface area contributed by atoms with Gasteiger partial charge < -0.3 is 9.84 Å². The van der Waals surface area contributed by atoms with Crippen molar-refractivity contribution in [2.45, 2.75) is 44.1 Å². The van der Waals surface area contributed by atoms with Crippen LogP contribution in [-0.4, -0.2) is 23.6 Å². The third-order valence-corrected chi connectivity index (χ3v) is 3.70. The Morgan fingerprint density at radius 1 is 1.17 bits per heavy atom. The molecule has 3 heteroatoms. The van der Waals surface area contributed by atoms with Crippen molar-refractivity contribution >= 4 is 5.78 Å². The van der Waals surface area contributed by atoms with E-state index < -0.39 is 5.60 Å². The van der Waals surface area contributed by atoms with E-state index in [2.05, 4.69) is 0 Å². The molecule has 98 valence electrons. The fourth-order valence-corrected chi connectivity index (χ4v) is 2.62. The Hall–Kier alpha value is -1.35. The van der Waals surface area contributed by atoms with E-state index in [1.54, 1.807) is 25.3 Å². The predicted molar refractivity (Wildman–Crippen MR) is 70.0 cm³/mol. The maximum absolute atomic E-state index is 12.5. The SMILES string of the molecule is COc1ccccc1C(=O)C1(O)CCCCCC1. The van der Waals surface area contributed by atoms with Crippen molar-refractivity contribution in [1.82, 2.24) is 0 Å². The summed E-state index contributed by atoms with van der Waals surface area (Å²) in [6.07, 6.45) is 5.14. The zero-order valence-electron chi connectivity index (χ0n) is 10.8. The van der Waals surface area contributed by atoms with E-state index in [4.69, 9.17) is 4.74 Å². The van der Waals surface area contributed by atoms with Crippen LogP contribution >= 0.6 is 0 Å². The molecule has 1 aliphatic rings. The maximum atomic E-state index is 12.5. The van der Waals surface area contributed by atoms with E-state index in [1.807, 2.05) is 6.07 Å². The number of carbonyl (C=O) groups is 1. The Labute approximate surface area is 108 Å². The smallest absolute Gasteiger partial charge is 0.198 e. The van der Waals surface area contributed by atoms with Crippen LogP contribution in [0.3, 0.4) is 0 Å². The Morgan fingerprint density at radius 3 is 2.39 bits per heavy atom. The van der Waals surface area contributed by atoms with E-state index in [1.165, 1.54) is 0 Å². The van der Waals surface area contributed by atoms with Crippen molar-refractivity contribution in [3.05, 3.63) is 29.8 Å². The molecule has 1 aromatic carbocycles. The lowest BCUT2D eigenvalue weighted by molar-refractivity contribution is 0.0235. The first-order valence-corrected chi connectivity index (χ1v) is 6.57. The number of Topliss-reactive ketones (excluding diaryl/α,β-unsaturated/α-hetero) is 1. The van der Waals surface area contributed by atoms with Gasteiger partial charge in [-0.05, 0) is 25.0 Å². The molecule has 0 spiro atoms. The van der Waals surface area contributed by atoms with Crippen LogP contribution < -0.4 is 4.74 Å². The molecule has 0 aliphatic heterocycles. The lowest BCUT2D eigenvalue weighted by Crippen LogP contribution is -2.38. The first-order chi connectivity index (χ1) is 8.67. The number of hydrogen-bond donors (Lipinski definition) is 1. The molecule has 0 atom stereocenters. The fourth-order valence-electron chi connectivity index (χ4n) is 2.62. The number of aliphatic hydroxyl groups is 1. The number of methoxy groups -OCH3 is 1. The fraction of sp³-hybridized carbons (Fsp3) is 0.533. The molecule has 0 heterocycles. The molecule has 0 aromatic heterocycles. The van der Waals surface area contributed by atoms with Crippen LogP contribution in [0.2, 0.25) is 0 Å². The van der Waals surface area contributed by atoms with Crippen molar-refractivity contribution < 1.29 is 14.6 Å². The number of hydrogen-bond acceptors (Lipinski definition) is 3. The zero-order valence-corrected chi connectivity index (χ0v) is 10.8. The molecule has 0 unspecified atom stereocenters. The standard InChI is InChI=1S/C15H20O3/c1-18-13-9-5-4-8-12(13)14(16)15(17)10-6-2-3-7-11-15/h4-5,8-9,17H,2-3,6-7,10-11H2,1H3. The van der Waals surface area contributed by atoms with Crippen molar-refractivity contribution in [1.29, 1.82) is 0 Å². The summed E-state index contributed by atoms with van der Waals surface area (Å²) in [6, 6.07) is 7.11. The van der Waals surface area contributed by atoms with Gasteiger partial charge in [-0.15, -0.1) is 0 Å². The lowest BCUT2D eigenvalue weighted by Gasteiger charge is -2.25. The van der Waals surface area contributed by atoms with Crippen LogP contribution in [0.1, 0.15) is 48.9 Å². The second kappa shape index (κ2) is 5.53. The number of carbonyl (C=O) groups excluding carboxylic acids is 1. The van der Waals surface area contributed by atoms with Gasteiger partial charge in [0, 0.05) is 0 Å². The van der Waals surface area contributed by atoms with Crippen molar-refractivity contribution in [3.63, 3.8) is 0 Å². The van der Waals surface area contributed by atoms with Gasteiger partial charge in [0.25, 0.3) is 0 Å². The maximum Gasteiger partial charge on any atom is 0.198 e. The molecule has 1 fully saturated rings. The topological polar surface area (TPSA) is 46.5 Å². The molecular weight excluding hydrogens is 228 g/mol. The van der Waals surface area contributed by atoms with Crippen LogP contribution in [0, 0.1) is 0 Å². The summed E-state index contributed by atoms with van der Waals surface area (Å²) >= 11 is 0. The monoisotopic (exact) mass is 248 g/mol. The summed E-state index contributed by atoms with van der Waals surface area (Å²) in [5.41, 5.74) is -0.713. The van der Waals surface area contributed by atoms with Crippen LogP contribution in [-0.2, 0) is 0 Å². The minimum absolute atomic E-state index is 0.193. The van der Waals surface area contributed by atoms with E-state index >= 15 is 0 Å². The largest absolute Gasteiger partial charge is 0.496 e. The molecule has 0 radical (unpaired) electrons. The molecule has 1 aliphatic carbocycles. The van der Waals surface area contributed by atoms with Gasteiger partial charge in [0.15, 0.2) is 5.78 Å². The molecule has 1 aromatic rings. The summed E-state index contributed by atoms with van der Waals surface area (Å²) in [5, 5.41) is 10.6. The summed E-state index contributed by atoms with van der Waals surface area (Å²) in [5.74, 6) is 0.349. The van der Waals surface area contributed by atoms with Crippen LogP contribution in [0.25, 0.3) is 0 Å². The predicted octanol–water partition coefficient (Wildman–Crippen LogP) is 2.96. The number of ether oxygens (including phenoxy) is 1. The summed E-state index contributed by atoms with van der Waals surface area (Å²) in [6.45, 7) is 0. The molecule has 18 heavy (non-hydrogen) atoms. The average molecular weight is 248 g/mol. The van der Waals surface area contributed by atoms with Gasteiger partial charge in [-0.25, -0.2) is 0 Å². The number of para-hydroxylation sites is 1. The summed E-state index contributed by atoms with van der Waals surface area (Å²) in [7, 11) is 1.54. The molecule has 2 rings (SSSR count). The number of benzene rings is 1. The molecule has 1 saturated carbocycles. The summed E-state index contributed by atoms with van der Waals surface area (Å²) < 4.78 is 5.20. The minimum Gasteiger partial charge on any atom is -0.496 e. The second-order valence-corrected chi connectivity index (χ2v) is 4.98. The van der Waals surface area contributed by atoms with Crippen molar-refractivity contribution in [2.24, 2.45) is 0 Å². The molecule has 3 nitrogen and oxygen atoms in total. The molecule has 0 bridgehead atoms. The Kier molecular flexibility index (Phi) is 4.02. The lowest BCUT2D eigenvalue weighted by atomic mass is 9.86. The van der Waals surface area contributed by atoms with Crippen LogP contribution in [0.4, 0.5) is 0 Å². The van der Waals surface area contributed by atoms with Crippen LogP contribution in [0.5, 0.6) is 5.75 Å². The van der Waals surface area contributed by atoms with Gasteiger partial charge in [0.05, 0.1) is 12.7 Å².